The summed E-state index contributed by atoms with van der Waals surface area (Å²) in [5, 5.41) is 21.6. The Morgan fingerprint density at radius 1 is 1.23 bits per heavy atom. The van der Waals surface area contributed by atoms with Gasteiger partial charge < -0.3 is 19.7 Å². The number of rotatable bonds is 0. The van der Waals surface area contributed by atoms with Crippen molar-refractivity contribution in [1.82, 2.24) is 0 Å². The molecule has 0 aromatic rings. The van der Waals surface area contributed by atoms with E-state index in [9.17, 15) is 19.8 Å². The number of carbonyl (C=O) groups is 2. The van der Waals surface area contributed by atoms with Crippen LogP contribution in [0.2, 0.25) is 0 Å². The molecule has 3 rings (SSSR count). The summed E-state index contributed by atoms with van der Waals surface area (Å²) in [6, 6.07) is 0. The molecule has 2 fully saturated rings. The summed E-state index contributed by atoms with van der Waals surface area (Å²) in [5.41, 5.74) is -1.94. The maximum Gasteiger partial charge on any atom is 0.339 e. The molecule has 6 nitrogen and oxygen atoms in total. The summed E-state index contributed by atoms with van der Waals surface area (Å²) >= 11 is 0. The second-order valence-electron chi connectivity index (χ2n) is 8.70. The van der Waals surface area contributed by atoms with Crippen LogP contribution in [0.3, 0.4) is 0 Å². The predicted molar refractivity (Wildman–Crippen MR) is 94.3 cm³/mol. The molecule has 6 heteroatoms. The molecular formula is C20H30O6. The fraction of sp³-hybridized carbons (Fsp3) is 0.800. The minimum atomic E-state index is -1.94. The van der Waals surface area contributed by atoms with Crippen molar-refractivity contribution < 1.29 is 29.3 Å². The van der Waals surface area contributed by atoms with Crippen molar-refractivity contribution in [2.75, 3.05) is 0 Å². The Labute approximate surface area is 154 Å². The van der Waals surface area contributed by atoms with Crippen LogP contribution in [0.4, 0.5) is 0 Å². The van der Waals surface area contributed by atoms with E-state index in [0.717, 1.165) is 24.8 Å². The Morgan fingerprint density at radius 2 is 1.92 bits per heavy atom. The molecule has 0 radical (unpaired) electrons. The van der Waals surface area contributed by atoms with Gasteiger partial charge in [-0.3, -0.25) is 4.79 Å². The van der Waals surface area contributed by atoms with Crippen LogP contribution in [0.15, 0.2) is 11.6 Å². The zero-order valence-corrected chi connectivity index (χ0v) is 16.0. The Hall–Kier alpha value is -1.24. The van der Waals surface area contributed by atoms with E-state index in [0.29, 0.717) is 12.3 Å². The smallest absolute Gasteiger partial charge is 0.339 e. The molecule has 3 heterocycles. The lowest BCUT2D eigenvalue weighted by Crippen LogP contribution is -2.53. The summed E-state index contributed by atoms with van der Waals surface area (Å²) in [6.07, 6.45) is 3.16. The van der Waals surface area contributed by atoms with E-state index in [2.05, 4.69) is 6.92 Å². The lowest BCUT2D eigenvalue weighted by Gasteiger charge is -2.36. The minimum absolute atomic E-state index is 0.0240. The molecule has 3 aliphatic heterocycles. The molecule has 0 amide bonds. The number of Topliss-reactive ketones (excluding diaryl/α,β-unsaturated/α-hetero) is 1. The molecule has 0 aliphatic carbocycles. The monoisotopic (exact) mass is 366 g/mol. The molecule has 146 valence electrons. The van der Waals surface area contributed by atoms with Gasteiger partial charge in [0, 0.05) is 6.42 Å². The average Bonchev–Trinajstić information content (AvgIpc) is 3.05. The van der Waals surface area contributed by atoms with Crippen LogP contribution >= 0.6 is 0 Å². The van der Waals surface area contributed by atoms with E-state index in [1.807, 2.05) is 13.0 Å². The standard InChI is InChI=1S/C20H30O6/c1-11-6-5-7-12(2)14-8-9-19(3,26-14)17(22)16-15(13(21)10-11)20(4,24)18(23)25-16/h6,12,14-17,22,24H,5,7-10H2,1-4H3/b11-6+/t12-,14+,15-,16-,17+,19-,20-/m0/s1. The van der Waals surface area contributed by atoms with E-state index >= 15 is 0 Å². The molecular weight excluding hydrogens is 336 g/mol. The van der Waals surface area contributed by atoms with Gasteiger partial charge >= 0.3 is 5.97 Å². The van der Waals surface area contributed by atoms with Crippen LogP contribution in [0.1, 0.15) is 59.8 Å². The van der Waals surface area contributed by atoms with Crippen molar-refractivity contribution in [3.05, 3.63) is 11.6 Å². The van der Waals surface area contributed by atoms with Gasteiger partial charge in [0.05, 0.1) is 17.6 Å². The molecule has 0 aromatic carbocycles. The van der Waals surface area contributed by atoms with E-state index in [1.165, 1.54) is 6.92 Å². The molecule has 3 aliphatic rings. The van der Waals surface area contributed by atoms with Crippen LogP contribution in [0.5, 0.6) is 0 Å². The Bertz CT molecular complexity index is 624. The van der Waals surface area contributed by atoms with Gasteiger partial charge in [-0.1, -0.05) is 18.6 Å². The first-order valence-electron chi connectivity index (χ1n) is 9.54. The zero-order chi connectivity index (χ0) is 19.3. The van der Waals surface area contributed by atoms with Gasteiger partial charge in [0.15, 0.2) is 5.60 Å². The van der Waals surface area contributed by atoms with Crippen LogP contribution < -0.4 is 0 Å². The minimum Gasteiger partial charge on any atom is -0.456 e. The maximum absolute atomic E-state index is 12.9. The molecule has 7 atom stereocenters. The number of ketones is 1. The highest BCUT2D eigenvalue weighted by molar-refractivity contribution is 5.94. The normalized spacial score (nSPS) is 49.3. The fourth-order valence-corrected chi connectivity index (χ4v) is 4.59. The van der Waals surface area contributed by atoms with Crippen molar-refractivity contribution in [2.24, 2.45) is 11.8 Å². The maximum atomic E-state index is 12.9. The van der Waals surface area contributed by atoms with Crippen molar-refractivity contribution in [3.63, 3.8) is 0 Å². The van der Waals surface area contributed by atoms with E-state index in [4.69, 9.17) is 9.47 Å². The van der Waals surface area contributed by atoms with Crippen LogP contribution in [0.25, 0.3) is 0 Å². The summed E-state index contributed by atoms with van der Waals surface area (Å²) in [4.78, 5) is 25.1. The van der Waals surface area contributed by atoms with Gasteiger partial charge in [-0.2, -0.15) is 0 Å². The zero-order valence-electron chi connectivity index (χ0n) is 16.0. The summed E-state index contributed by atoms with van der Waals surface area (Å²) in [7, 11) is 0. The Balaban J connectivity index is 1.99. The Morgan fingerprint density at radius 3 is 2.62 bits per heavy atom. The van der Waals surface area contributed by atoms with Crippen molar-refractivity contribution in [3.8, 4) is 0 Å². The van der Waals surface area contributed by atoms with Crippen molar-refractivity contribution >= 4 is 11.8 Å². The van der Waals surface area contributed by atoms with E-state index < -0.39 is 35.3 Å². The second-order valence-corrected chi connectivity index (χ2v) is 8.70. The molecule has 2 N–H and O–H groups in total. The van der Waals surface area contributed by atoms with Gasteiger partial charge in [-0.25, -0.2) is 4.79 Å². The molecule has 26 heavy (non-hydrogen) atoms. The quantitative estimate of drug-likeness (QED) is 0.502. The molecule has 0 saturated carbocycles. The topological polar surface area (TPSA) is 93.1 Å². The largest absolute Gasteiger partial charge is 0.456 e. The molecule has 0 aromatic heterocycles. The number of esters is 1. The van der Waals surface area contributed by atoms with Crippen LogP contribution in [-0.4, -0.2) is 51.5 Å². The van der Waals surface area contributed by atoms with Crippen LogP contribution in [-0.2, 0) is 19.1 Å². The summed E-state index contributed by atoms with van der Waals surface area (Å²) in [5.74, 6) is -1.93. The number of aliphatic hydroxyl groups is 2. The van der Waals surface area contributed by atoms with E-state index in [1.54, 1.807) is 6.92 Å². The molecule has 2 bridgehead atoms. The van der Waals surface area contributed by atoms with Gasteiger partial charge in [-0.05, 0) is 52.4 Å². The summed E-state index contributed by atoms with van der Waals surface area (Å²) < 4.78 is 11.5. The number of ether oxygens (including phenoxy) is 2. The highest BCUT2D eigenvalue weighted by atomic mass is 16.6. The second kappa shape index (κ2) is 6.73. The first-order valence-corrected chi connectivity index (χ1v) is 9.54. The van der Waals surface area contributed by atoms with E-state index in [-0.39, 0.29) is 18.3 Å². The SMILES string of the molecule is C/C1=C\CC[C@H](C)[C@H]2CC[C@](C)(O2)[C@H](O)[C@H]2OC(=O)[C@@](C)(O)[C@H]2C(=O)C1. The molecule has 2 saturated heterocycles. The highest BCUT2D eigenvalue weighted by Gasteiger charge is 2.62. The van der Waals surface area contributed by atoms with Crippen molar-refractivity contribution in [1.29, 1.82) is 0 Å². The lowest BCUT2D eigenvalue weighted by atomic mass is 9.76. The number of fused-ring (bicyclic) bond motifs is 3. The van der Waals surface area contributed by atoms with Crippen molar-refractivity contribution in [2.45, 2.75) is 89.3 Å². The van der Waals surface area contributed by atoms with Gasteiger partial charge in [0.25, 0.3) is 0 Å². The third-order valence-electron chi connectivity index (χ3n) is 6.42. The van der Waals surface area contributed by atoms with Gasteiger partial charge in [-0.15, -0.1) is 0 Å². The van der Waals surface area contributed by atoms with Gasteiger partial charge in [0.1, 0.15) is 18.0 Å². The number of allylic oxidation sites excluding steroid dienone is 2. The number of carbonyl (C=O) groups excluding carboxylic acids is 2. The molecule has 0 unspecified atom stereocenters. The predicted octanol–water partition coefficient (Wildman–Crippen LogP) is 1.91. The fourth-order valence-electron chi connectivity index (χ4n) is 4.59. The number of hydrogen-bond acceptors (Lipinski definition) is 6. The lowest BCUT2D eigenvalue weighted by molar-refractivity contribution is -0.171. The number of hydrogen-bond donors (Lipinski definition) is 2. The average molecular weight is 366 g/mol. The first-order chi connectivity index (χ1) is 12.1. The Kier molecular flexibility index (Phi) is 5.05. The highest BCUT2D eigenvalue weighted by Crippen LogP contribution is 2.44. The molecule has 0 spiro atoms. The first kappa shape index (κ1) is 19.5. The van der Waals surface area contributed by atoms with Gasteiger partial charge in [0.2, 0.25) is 0 Å². The number of aliphatic hydroxyl groups excluding tert-OH is 1. The third-order valence-corrected chi connectivity index (χ3v) is 6.42. The summed E-state index contributed by atoms with van der Waals surface area (Å²) in [6.45, 7) is 7.12. The van der Waals surface area contributed by atoms with Crippen LogP contribution in [0, 0.1) is 11.8 Å². The third kappa shape index (κ3) is 3.23.